The lowest BCUT2D eigenvalue weighted by atomic mass is 9.83. The fourth-order valence-electron chi connectivity index (χ4n) is 5.56. The molecule has 3 aromatic rings. The molecule has 0 aromatic heterocycles. The van der Waals surface area contributed by atoms with Crippen molar-refractivity contribution in [2.45, 2.75) is 31.9 Å². The number of anilines is 1. The van der Waals surface area contributed by atoms with Crippen molar-refractivity contribution in [3.8, 4) is 0 Å². The Labute approximate surface area is 221 Å². The van der Waals surface area contributed by atoms with Crippen LogP contribution in [-0.4, -0.2) is 42.9 Å². The second-order valence-corrected chi connectivity index (χ2v) is 9.88. The number of halogens is 3. The number of hydrogen-bond donors (Lipinski definition) is 0. The lowest BCUT2D eigenvalue weighted by Gasteiger charge is -2.52. The molecular formula is C29H31BrF2N2O2. The number of carbonyl (C=O) groups is 1. The summed E-state index contributed by atoms with van der Waals surface area (Å²) in [5.74, 6) is -0.132. The van der Waals surface area contributed by atoms with Gasteiger partial charge in [0.1, 0.15) is 18.2 Å². The zero-order valence-corrected chi connectivity index (χ0v) is 21.7. The molecule has 1 atom stereocenters. The molecule has 7 heteroatoms. The van der Waals surface area contributed by atoms with E-state index in [-0.39, 0.29) is 40.8 Å². The minimum atomic E-state index is -0.373. The number of carbonyl (C=O) groups excluding carboxylic acids is 1. The molecule has 2 bridgehead atoms. The SMILES string of the molecule is O=C(O[C@H]1C[N+]2(CCc3cccc(F)c3)CCC1CC2)N(Cc1ccc(F)cc1)c1ccccc1.[Br-]. The van der Waals surface area contributed by atoms with Crippen LogP contribution >= 0.6 is 0 Å². The molecule has 3 aliphatic heterocycles. The number of benzene rings is 3. The highest BCUT2D eigenvalue weighted by atomic mass is 79.9. The van der Waals surface area contributed by atoms with Crippen molar-refractivity contribution in [1.29, 1.82) is 0 Å². The standard InChI is InChI=1S/C29H31F2N2O2.BrH/c30-25-11-9-23(10-12-25)20-32(27-7-2-1-3-8-27)29(34)35-28-21-33(17-14-24(28)15-18-33)16-13-22-5-4-6-26(31)19-22;/h1-12,19,24,28H,13-18,20-21H2;1H/q+1;/p-1/t24?,28-,33?;/m0./s1. The number of ether oxygens (including phenoxy) is 1. The van der Waals surface area contributed by atoms with E-state index in [0.29, 0.717) is 12.5 Å². The zero-order chi connectivity index (χ0) is 24.3. The number of quaternary nitrogens is 1. The average molecular weight is 557 g/mol. The summed E-state index contributed by atoms with van der Waals surface area (Å²) in [5, 5.41) is 0. The molecule has 0 unspecified atom stereocenters. The first-order valence-corrected chi connectivity index (χ1v) is 12.4. The van der Waals surface area contributed by atoms with Crippen LogP contribution in [0.25, 0.3) is 0 Å². The van der Waals surface area contributed by atoms with Gasteiger partial charge in [0.05, 0.1) is 26.2 Å². The molecule has 3 saturated heterocycles. The first kappa shape index (κ1) is 26.3. The van der Waals surface area contributed by atoms with Gasteiger partial charge in [0.15, 0.2) is 6.10 Å². The predicted octanol–water partition coefficient (Wildman–Crippen LogP) is 2.96. The molecule has 36 heavy (non-hydrogen) atoms. The quantitative estimate of drug-likeness (QED) is 0.419. The highest BCUT2D eigenvalue weighted by Gasteiger charge is 2.47. The van der Waals surface area contributed by atoms with Gasteiger partial charge in [0, 0.05) is 30.9 Å². The van der Waals surface area contributed by atoms with Crippen LogP contribution in [0.3, 0.4) is 0 Å². The van der Waals surface area contributed by atoms with E-state index in [4.69, 9.17) is 4.74 Å². The van der Waals surface area contributed by atoms with E-state index in [1.807, 2.05) is 36.4 Å². The van der Waals surface area contributed by atoms with E-state index in [1.54, 1.807) is 29.2 Å². The van der Waals surface area contributed by atoms with E-state index in [9.17, 15) is 13.6 Å². The summed E-state index contributed by atoms with van der Waals surface area (Å²) < 4.78 is 34.1. The summed E-state index contributed by atoms with van der Waals surface area (Å²) >= 11 is 0. The normalized spacial score (nSPS) is 22.5. The highest BCUT2D eigenvalue weighted by Crippen LogP contribution is 2.36. The Bertz CT molecular complexity index is 1150. The maximum Gasteiger partial charge on any atom is 0.415 e. The molecule has 0 aliphatic carbocycles. The third-order valence-electron chi connectivity index (χ3n) is 7.60. The first-order valence-electron chi connectivity index (χ1n) is 12.4. The molecule has 0 radical (unpaired) electrons. The smallest absolute Gasteiger partial charge is 0.415 e. The summed E-state index contributed by atoms with van der Waals surface area (Å²) in [6.07, 6.45) is 2.36. The van der Waals surface area contributed by atoms with E-state index in [2.05, 4.69) is 0 Å². The Hall–Kier alpha value is -2.77. The van der Waals surface area contributed by atoms with Crippen LogP contribution in [0.1, 0.15) is 24.0 Å². The number of nitrogens with zero attached hydrogens (tertiary/aromatic N) is 2. The molecule has 0 N–H and O–H groups in total. The monoisotopic (exact) mass is 556 g/mol. The highest BCUT2D eigenvalue weighted by molar-refractivity contribution is 5.87. The lowest BCUT2D eigenvalue weighted by molar-refractivity contribution is -0.945. The van der Waals surface area contributed by atoms with Gasteiger partial charge in [-0.25, -0.2) is 13.6 Å². The number of para-hydroxylation sites is 1. The first-order chi connectivity index (χ1) is 17.0. The van der Waals surface area contributed by atoms with Crippen molar-refractivity contribution >= 4 is 11.8 Å². The third kappa shape index (κ3) is 6.13. The zero-order valence-electron chi connectivity index (χ0n) is 20.2. The predicted molar refractivity (Wildman–Crippen MR) is 132 cm³/mol. The Morgan fingerprint density at radius 2 is 1.61 bits per heavy atom. The molecule has 4 nitrogen and oxygen atoms in total. The van der Waals surface area contributed by atoms with Crippen LogP contribution in [0.4, 0.5) is 19.3 Å². The maximum atomic E-state index is 13.6. The fraction of sp³-hybridized carbons (Fsp3) is 0.345. The fourth-order valence-corrected chi connectivity index (χ4v) is 5.56. The van der Waals surface area contributed by atoms with Crippen molar-refractivity contribution in [2.24, 2.45) is 5.92 Å². The summed E-state index contributed by atoms with van der Waals surface area (Å²) in [6, 6.07) is 22.5. The maximum absolute atomic E-state index is 13.6. The van der Waals surface area contributed by atoms with Crippen LogP contribution in [0.15, 0.2) is 78.9 Å². The van der Waals surface area contributed by atoms with Gasteiger partial charge < -0.3 is 26.2 Å². The number of rotatable bonds is 7. The second kappa shape index (κ2) is 11.5. The molecule has 3 fully saturated rings. The summed E-state index contributed by atoms with van der Waals surface area (Å²) in [7, 11) is 0. The number of fused-ring (bicyclic) bond motifs is 3. The van der Waals surface area contributed by atoms with Gasteiger partial charge in [0.2, 0.25) is 0 Å². The topological polar surface area (TPSA) is 29.5 Å². The van der Waals surface area contributed by atoms with Crippen molar-refractivity contribution < 1.29 is 39.8 Å². The summed E-state index contributed by atoms with van der Waals surface area (Å²) in [4.78, 5) is 15.1. The van der Waals surface area contributed by atoms with E-state index < -0.39 is 0 Å². The molecule has 1 amide bonds. The van der Waals surface area contributed by atoms with Crippen LogP contribution < -0.4 is 21.9 Å². The minimum absolute atomic E-state index is 0. The van der Waals surface area contributed by atoms with Crippen LogP contribution in [-0.2, 0) is 17.7 Å². The van der Waals surface area contributed by atoms with E-state index in [1.165, 1.54) is 18.2 Å². The molecule has 3 aromatic carbocycles. The van der Waals surface area contributed by atoms with Gasteiger partial charge >= 0.3 is 6.09 Å². The van der Waals surface area contributed by atoms with E-state index in [0.717, 1.165) is 66.7 Å². The van der Waals surface area contributed by atoms with Gasteiger partial charge in [-0.2, -0.15) is 0 Å². The van der Waals surface area contributed by atoms with Crippen LogP contribution in [0, 0.1) is 17.6 Å². The summed E-state index contributed by atoms with van der Waals surface area (Å²) in [6.45, 7) is 4.17. The Morgan fingerprint density at radius 1 is 0.889 bits per heavy atom. The van der Waals surface area contributed by atoms with Crippen molar-refractivity contribution in [3.05, 3.63) is 102 Å². The molecule has 190 valence electrons. The number of hydrogen-bond acceptors (Lipinski definition) is 2. The van der Waals surface area contributed by atoms with Gasteiger partial charge in [0.25, 0.3) is 0 Å². The van der Waals surface area contributed by atoms with Gasteiger partial charge in [-0.3, -0.25) is 4.90 Å². The Kier molecular flexibility index (Phi) is 8.42. The van der Waals surface area contributed by atoms with Crippen LogP contribution in [0.2, 0.25) is 0 Å². The van der Waals surface area contributed by atoms with Crippen molar-refractivity contribution in [1.82, 2.24) is 0 Å². The van der Waals surface area contributed by atoms with Crippen LogP contribution in [0.5, 0.6) is 0 Å². The van der Waals surface area contributed by atoms with E-state index >= 15 is 0 Å². The van der Waals surface area contributed by atoms with Gasteiger partial charge in [-0.15, -0.1) is 0 Å². The summed E-state index contributed by atoms with van der Waals surface area (Å²) in [5.41, 5.74) is 2.59. The molecule has 3 aliphatic rings. The molecular weight excluding hydrogens is 526 g/mol. The number of piperidine rings is 3. The second-order valence-electron chi connectivity index (χ2n) is 9.88. The third-order valence-corrected chi connectivity index (χ3v) is 7.60. The van der Waals surface area contributed by atoms with Crippen molar-refractivity contribution in [2.75, 3.05) is 31.1 Å². The molecule has 3 heterocycles. The minimum Gasteiger partial charge on any atom is -1.00 e. The van der Waals surface area contributed by atoms with Gasteiger partial charge in [-0.1, -0.05) is 42.5 Å². The van der Waals surface area contributed by atoms with Gasteiger partial charge in [-0.05, 0) is 47.5 Å². The Morgan fingerprint density at radius 3 is 2.31 bits per heavy atom. The largest absolute Gasteiger partial charge is 1.00 e. The number of amides is 1. The Balaban J connectivity index is 0.00000304. The molecule has 0 saturated carbocycles. The molecule has 6 rings (SSSR count). The molecule has 0 spiro atoms. The van der Waals surface area contributed by atoms with Crippen molar-refractivity contribution in [3.63, 3.8) is 0 Å². The lowest BCUT2D eigenvalue weighted by Crippen LogP contribution is -3.00. The average Bonchev–Trinajstić information content (AvgIpc) is 2.88.